The molecule has 1 amide bonds. The molecule has 0 fully saturated rings. The van der Waals surface area contributed by atoms with Gasteiger partial charge in [0.15, 0.2) is 10.9 Å². The van der Waals surface area contributed by atoms with Crippen LogP contribution < -0.4 is 15.6 Å². The number of hydrogen-bond donors (Lipinski definition) is 1. The minimum Gasteiger partial charge on any atom is -0.497 e. The van der Waals surface area contributed by atoms with Crippen LogP contribution in [0.3, 0.4) is 0 Å². The first-order valence-corrected chi connectivity index (χ1v) is 13.3. The van der Waals surface area contributed by atoms with E-state index in [1.54, 1.807) is 49.6 Å². The van der Waals surface area contributed by atoms with Crippen molar-refractivity contribution in [3.8, 4) is 11.4 Å². The first kappa shape index (κ1) is 27.1. The highest BCUT2D eigenvalue weighted by Gasteiger charge is 2.22. The summed E-state index contributed by atoms with van der Waals surface area (Å²) in [7, 11) is 1.58. The maximum absolute atomic E-state index is 13.8. The van der Waals surface area contributed by atoms with Crippen LogP contribution in [0.5, 0.6) is 5.75 Å². The second-order valence-electron chi connectivity index (χ2n) is 9.52. The second-order valence-corrected chi connectivity index (χ2v) is 10.8. The molecule has 1 atom stereocenters. The summed E-state index contributed by atoms with van der Waals surface area (Å²) in [5, 5.41) is 3.08. The van der Waals surface area contributed by atoms with Crippen LogP contribution in [0.25, 0.3) is 16.6 Å². The summed E-state index contributed by atoms with van der Waals surface area (Å²) >= 11 is 1.21. The molecular weight excluding hydrogens is 498 g/mol. The number of nitrogens with one attached hydrogen (secondary N) is 1. The molecule has 1 heterocycles. The van der Waals surface area contributed by atoms with E-state index in [2.05, 4.69) is 5.32 Å². The van der Waals surface area contributed by atoms with Gasteiger partial charge in [-0.1, -0.05) is 23.9 Å². The van der Waals surface area contributed by atoms with E-state index in [9.17, 15) is 14.4 Å². The third-order valence-corrected chi connectivity index (χ3v) is 7.35. The number of ketones is 1. The lowest BCUT2D eigenvalue weighted by atomic mass is 10.0. The van der Waals surface area contributed by atoms with Crippen molar-refractivity contribution in [1.29, 1.82) is 0 Å². The van der Waals surface area contributed by atoms with Crippen LogP contribution in [-0.4, -0.2) is 39.6 Å². The molecule has 0 aliphatic heterocycles. The van der Waals surface area contributed by atoms with Gasteiger partial charge in [-0.15, -0.1) is 0 Å². The first-order valence-electron chi connectivity index (χ1n) is 12.4. The number of thioether (sulfide) groups is 1. The fourth-order valence-electron chi connectivity index (χ4n) is 4.03. The summed E-state index contributed by atoms with van der Waals surface area (Å²) in [6.07, 6.45) is 0. The van der Waals surface area contributed by atoms with E-state index >= 15 is 0 Å². The number of amides is 1. The Labute approximate surface area is 226 Å². The molecule has 0 aliphatic carbocycles. The monoisotopic (exact) mass is 529 g/mol. The zero-order valence-electron chi connectivity index (χ0n) is 22.4. The molecule has 38 heavy (non-hydrogen) atoms. The highest BCUT2D eigenvalue weighted by molar-refractivity contribution is 8.00. The molecule has 8 heteroatoms. The molecule has 0 saturated carbocycles. The number of benzene rings is 3. The summed E-state index contributed by atoms with van der Waals surface area (Å²) in [4.78, 5) is 44.5. The fourth-order valence-corrected chi connectivity index (χ4v) is 5.04. The molecule has 0 saturated heterocycles. The largest absolute Gasteiger partial charge is 0.497 e. The van der Waals surface area contributed by atoms with Gasteiger partial charge in [0.05, 0.1) is 29.0 Å². The molecule has 4 aromatic rings. The predicted octanol–water partition coefficient (Wildman–Crippen LogP) is 5.51. The van der Waals surface area contributed by atoms with Gasteiger partial charge in [0.2, 0.25) is 0 Å². The number of carbonyl (C=O) groups excluding carboxylic acids is 2. The Morgan fingerprint density at radius 2 is 1.61 bits per heavy atom. The van der Waals surface area contributed by atoms with Crippen molar-refractivity contribution in [2.24, 2.45) is 0 Å². The Hall–Kier alpha value is -3.91. The van der Waals surface area contributed by atoms with Crippen molar-refractivity contribution in [1.82, 2.24) is 14.9 Å². The number of ether oxygens (including phenoxy) is 1. The van der Waals surface area contributed by atoms with Gasteiger partial charge in [0.1, 0.15) is 5.75 Å². The first-order chi connectivity index (χ1) is 18.1. The zero-order valence-corrected chi connectivity index (χ0v) is 23.2. The lowest BCUT2D eigenvalue weighted by Gasteiger charge is -2.17. The normalized spacial score (nSPS) is 12.0. The zero-order chi connectivity index (χ0) is 27.6. The topological polar surface area (TPSA) is 90.3 Å². The molecule has 0 aliphatic rings. The Morgan fingerprint density at radius 3 is 2.24 bits per heavy atom. The SMILES string of the molecule is COc1ccc(-n2c(S[C@H](C)C(=O)c3ccc(C)c(C)c3)nc3cc(C(=O)NC(C)C)ccc3c2=O)cc1. The number of fused-ring (bicyclic) bond motifs is 1. The number of aryl methyl sites for hydroxylation is 2. The number of carbonyl (C=O) groups is 2. The number of methoxy groups -OCH3 is 1. The molecule has 0 unspecified atom stereocenters. The van der Waals surface area contributed by atoms with E-state index in [0.717, 1.165) is 11.1 Å². The third-order valence-electron chi connectivity index (χ3n) is 6.29. The fraction of sp³-hybridized carbons (Fsp3) is 0.267. The smallest absolute Gasteiger partial charge is 0.266 e. The summed E-state index contributed by atoms with van der Waals surface area (Å²) in [5.41, 5.74) is 3.88. The third kappa shape index (κ3) is 5.65. The van der Waals surface area contributed by atoms with E-state index in [4.69, 9.17) is 9.72 Å². The Bertz CT molecular complexity index is 1580. The van der Waals surface area contributed by atoms with Gasteiger partial charge >= 0.3 is 0 Å². The Kier molecular flexibility index (Phi) is 8.02. The highest BCUT2D eigenvalue weighted by Crippen LogP contribution is 2.28. The summed E-state index contributed by atoms with van der Waals surface area (Å²) in [5.74, 6) is 0.359. The lowest BCUT2D eigenvalue weighted by molar-refractivity contribution is 0.0942. The summed E-state index contributed by atoms with van der Waals surface area (Å²) < 4.78 is 6.78. The number of nitrogens with zero attached hydrogens (tertiary/aromatic N) is 2. The van der Waals surface area contributed by atoms with Crippen molar-refractivity contribution >= 4 is 34.4 Å². The average Bonchev–Trinajstić information content (AvgIpc) is 2.89. The summed E-state index contributed by atoms with van der Waals surface area (Å²) in [6, 6.07) is 17.6. The van der Waals surface area contributed by atoms with Crippen LogP contribution in [0.1, 0.15) is 52.6 Å². The van der Waals surface area contributed by atoms with Gasteiger partial charge in [-0.05, 0) is 94.3 Å². The standard InChI is InChI=1S/C30H31N3O4S/c1-17(2)31-28(35)22-9-14-25-26(16-22)32-30(33(29(25)36)23-10-12-24(37-6)13-11-23)38-20(5)27(34)21-8-7-18(3)19(4)15-21/h7-17,20H,1-6H3,(H,31,35)/t20-/m1/s1. The van der Waals surface area contributed by atoms with Gasteiger partial charge in [0.25, 0.3) is 11.5 Å². The number of Topliss-reactive ketones (excluding diaryl/α,β-unsaturated/α-hetero) is 1. The van der Waals surface area contributed by atoms with Gasteiger partial charge in [-0.25, -0.2) is 4.98 Å². The predicted molar refractivity (Wildman–Crippen MR) is 152 cm³/mol. The van der Waals surface area contributed by atoms with Crippen LogP contribution >= 0.6 is 11.8 Å². The maximum Gasteiger partial charge on any atom is 0.266 e. The molecule has 1 aromatic heterocycles. The van der Waals surface area contributed by atoms with Crippen LogP contribution in [-0.2, 0) is 0 Å². The van der Waals surface area contributed by atoms with E-state index in [1.807, 2.05) is 52.8 Å². The van der Waals surface area contributed by atoms with Crippen LogP contribution in [0, 0.1) is 13.8 Å². The van der Waals surface area contributed by atoms with Crippen LogP contribution in [0.15, 0.2) is 70.6 Å². The molecule has 0 radical (unpaired) electrons. The van der Waals surface area contributed by atoms with Crippen molar-refractivity contribution < 1.29 is 14.3 Å². The maximum atomic E-state index is 13.8. The van der Waals surface area contributed by atoms with Gasteiger partial charge in [0, 0.05) is 17.2 Å². The molecule has 0 bridgehead atoms. The number of hydrogen-bond acceptors (Lipinski definition) is 6. The average molecular weight is 530 g/mol. The van der Waals surface area contributed by atoms with Crippen LogP contribution in [0.2, 0.25) is 0 Å². The number of aromatic nitrogens is 2. The second kappa shape index (κ2) is 11.2. The van der Waals surface area contributed by atoms with Gasteiger partial charge < -0.3 is 10.1 Å². The van der Waals surface area contributed by atoms with Crippen molar-refractivity contribution in [3.63, 3.8) is 0 Å². The van der Waals surface area contributed by atoms with E-state index < -0.39 is 5.25 Å². The van der Waals surface area contributed by atoms with E-state index in [0.29, 0.717) is 38.6 Å². The van der Waals surface area contributed by atoms with Crippen molar-refractivity contribution in [3.05, 3.63) is 93.3 Å². The Morgan fingerprint density at radius 1 is 0.921 bits per heavy atom. The van der Waals surface area contributed by atoms with E-state index in [1.165, 1.54) is 16.3 Å². The van der Waals surface area contributed by atoms with Gasteiger partial charge in [-0.3, -0.25) is 19.0 Å². The highest BCUT2D eigenvalue weighted by atomic mass is 32.2. The minimum atomic E-state index is -0.515. The molecule has 1 N–H and O–H groups in total. The molecule has 7 nitrogen and oxygen atoms in total. The molecule has 4 rings (SSSR count). The molecular formula is C30H31N3O4S. The lowest BCUT2D eigenvalue weighted by Crippen LogP contribution is -2.30. The van der Waals surface area contributed by atoms with Gasteiger partial charge in [-0.2, -0.15) is 0 Å². The molecule has 196 valence electrons. The molecule has 3 aromatic carbocycles. The Balaban J connectivity index is 1.82. The quantitative estimate of drug-likeness (QED) is 0.184. The van der Waals surface area contributed by atoms with E-state index in [-0.39, 0.29) is 23.3 Å². The minimum absolute atomic E-state index is 0.0300. The number of rotatable bonds is 8. The molecule has 0 spiro atoms. The van der Waals surface area contributed by atoms with Crippen molar-refractivity contribution in [2.45, 2.75) is 51.1 Å². The van der Waals surface area contributed by atoms with Crippen LogP contribution in [0.4, 0.5) is 0 Å². The van der Waals surface area contributed by atoms with Crippen molar-refractivity contribution in [2.75, 3.05) is 7.11 Å². The summed E-state index contributed by atoms with van der Waals surface area (Å²) in [6.45, 7) is 9.55.